The Bertz CT molecular complexity index is 1320. The van der Waals surface area contributed by atoms with Gasteiger partial charge in [0.25, 0.3) is 0 Å². The monoisotopic (exact) mass is 1150 g/mol. The van der Waals surface area contributed by atoms with Crippen molar-refractivity contribution in [3.05, 3.63) is 11.5 Å². The number of hydrogen-bond acceptors (Lipinski definition) is 14. The fraction of sp³-hybridized carbons (Fsp3) is 0.857. The molecule has 0 radical (unpaired) electrons. The molecule has 0 aromatic heterocycles. The molecule has 0 aliphatic carbocycles. The first-order chi connectivity index (χ1) is 34.6. The van der Waals surface area contributed by atoms with Gasteiger partial charge in [-0.15, -0.1) is 0 Å². The number of rotatable bonds is 35. The zero-order chi connectivity index (χ0) is 60.3. The van der Waals surface area contributed by atoms with E-state index in [0.717, 1.165) is 64.6 Å². The normalized spacial score (nSPS) is 10.7. The van der Waals surface area contributed by atoms with E-state index in [1.54, 1.807) is 96.9 Å². The Balaban J connectivity index is -0.000000129. The van der Waals surface area contributed by atoms with E-state index in [9.17, 15) is 39.0 Å². The molecule has 18 nitrogen and oxygen atoms in total. The van der Waals surface area contributed by atoms with Gasteiger partial charge in [-0.1, -0.05) is 112 Å². The van der Waals surface area contributed by atoms with Crippen LogP contribution in [0, 0.1) is 33.5 Å². The molecule has 0 amide bonds. The number of aliphatic carboxylic acids is 5. The van der Waals surface area contributed by atoms with E-state index in [-0.39, 0.29) is 97.4 Å². The van der Waals surface area contributed by atoms with Crippen LogP contribution in [0.15, 0.2) is 11.5 Å². The summed E-state index contributed by atoms with van der Waals surface area (Å²) in [6.07, 6.45) is 16.9. The van der Waals surface area contributed by atoms with Gasteiger partial charge < -0.3 is 59.1 Å². The van der Waals surface area contributed by atoms with Gasteiger partial charge in [0.2, 0.25) is 0 Å². The zero-order valence-corrected chi connectivity index (χ0v) is 55.5. The zero-order valence-electron chi connectivity index (χ0n) is 51.0. The van der Waals surface area contributed by atoms with Crippen LogP contribution < -0.4 is 10.2 Å². The molecule has 0 rings (SSSR count). The van der Waals surface area contributed by atoms with Crippen LogP contribution >= 0.6 is 0 Å². The Hall–Kier alpha value is -1.64. The van der Waals surface area contributed by atoms with Crippen molar-refractivity contribution in [1.82, 2.24) is 0 Å². The van der Waals surface area contributed by atoms with Crippen molar-refractivity contribution in [3.63, 3.8) is 0 Å². The maximum atomic E-state index is 10.9. The van der Waals surface area contributed by atoms with Crippen molar-refractivity contribution in [2.45, 2.75) is 226 Å². The Kier molecular flexibility index (Phi) is 69.4. The summed E-state index contributed by atoms with van der Waals surface area (Å²) in [6, 6.07) is 0. The number of carbonyl (C=O) groups is 6. The van der Waals surface area contributed by atoms with Crippen LogP contribution in [0.25, 0.3) is 0 Å². The molecule has 0 bridgehead atoms. The Morgan fingerprint density at radius 3 is 0.816 bits per heavy atom. The predicted molar refractivity (Wildman–Crippen MR) is 297 cm³/mol. The second kappa shape index (κ2) is 58.0. The van der Waals surface area contributed by atoms with Gasteiger partial charge in [0.05, 0.1) is 35.2 Å². The molecule has 20 heteroatoms. The van der Waals surface area contributed by atoms with Crippen LogP contribution in [0.1, 0.15) is 226 Å². The Morgan fingerprint density at radius 1 is 0.447 bits per heavy atom. The first-order valence-corrected chi connectivity index (χ1v) is 27.6. The van der Waals surface area contributed by atoms with E-state index in [1.807, 2.05) is 0 Å². The summed E-state index contributed by atoms with van der Waals surface area (Å²) in [5.74, 6) is -4.65. The summed E-state index contributed by atoms with van der Waals surface area (Å²) < 4.78 is 33.5. The minimum atomic E-state index is -1.01. The molecular formula is C56H108Ca2O18. The summed E-state index contributed by atoms with van der Waals surface area (Å²) in [4.78, 5) is 63.5. The van der Waals surface area contributed by atoms with Crippen LogP contribution in [0.2, 0.25) is 0 Å². The molecule has 76 heavy (non-hydrogen) atoms. The summed E-state index contributed by atoms with van der Waals surface area (Å²) in [5.41, 5.74) is -2.09. The van der Waals surface area contributed by atoms with Gasteiger partial charge in [-0.3, -0.25) is 24.0 Å². The van der Waals surface area contributed by atoms with E-state index in [4.69, 9.17) is 36.1 Å². The van der Waals surface area contributed by atoms with Crippen LogP contribution in [0.3, 0.4) is 0 Å². The second-order valence-corrected chi connectivity index (χ2v) is 21.5. The fourth-order valence-electron chi connectivity index (χ4n) is 5.16. The summed E-state index contributed by atoms with van der Waals surface area (Å²) in [5, 5.41) is 56.0. The van der Waals surface area contributed by atoms with Crippen LogP contribution in [-0.2, 0) is 53.9 Å². The molecule has 0 aliphatic rings. The van der Waals surface area contributed by atoms with Gasteiger partial charge in [0, 0.05) is 57.0 Å². The number of carboxylic acids is 5. The third kappa shape index (κ3) is 66.6. The predicted octanol–water partition coefficient (Wildman–Crippen LogP) is 10.1. The third-order valence-corrected chi connectivity index (χ3v) is 11.2. The van der Waals surface area contributed by atoms with Gasteiger partial charge in [0.1, 0.15) is 0 Å². The van der Waals surface area contributed by atoms with Crippen molar-refractivity contribution >= 4 is 109 Å². The molecule has 444 valence electrons. The van der Waals surface area contributed by atoms with Gasteiger partial charge >= 0.3 is 105 Å². The van der Waals surface area contributed by atoms with E-state index in [0.29, 0.717) is 57.7 Å². The van der Waals surface area contributed by atoms with Crippen LogP contribution in [-0.4, -0.2) is 184 Å². The van der Waals surface area contributed by atoms with Gasteiger partial charge in [-0.25, -0.2) is 0 Å². The standard InChI is InChI=1S/2C16H30O5.C10H22O.2C5H10O2.C4H8O2.2Ca.O/c2*1-15(2,13(17)18)9-5-7-11-21-12-8-6-10-16(3,4)14(19)20;1-3-5-7-9-11-10-8-6-4-2;2*1-4(2)5(6)7-3;1-3(2)4(5)6;;;/h2*5-12H2,1-4H3,(H,17,18)(H,19,20);3-10H2,1-2H3;6H,1-3H3;4H,1-3H3;3H,1-2H3,(H,5,6);;;/q;;;;;;;+2;/p-2. The minimum absolute atomic E-state index is 0. The molecule has 0 aromatic carbocycles. The topological polar surface area (TPSA) is 293 Å². The number of carbonyl (C=O) groups excluding carboxylic acids is 2. The van der Waals surface area contributed by atoms with Crippen molar-refractivity contribution < 1.29 is 84.5 Å². The summed E-state index contributed by atoms with van der Waals surface area (Å²) in [7, 11) is 2.76. The van der Waals surface area contributed by atoms with Crippen molar-refractivity contribution in [1.29, 1.82) is 0 Å². The average Bonchev–Trinajstić information content (AvgIpc) is 3.33. The number of unbranched alkanes of at least 4 members (excludes halogenated alkanes) is 8. The number of carboxylic acid groups (broad SMARTS) is 5. The molecule has 0 aliphatic heterocycles. The Labute approximate surface area is 514 Å². The first-order valence-electron chi connectivity index (χ1n) is 26.7. The van der Waals surface area contributed by atoms with Crippen molar-refractivity contribution in [3.8, 4) is 0 Å². The molecule has 0 spiro atoms. The molecule has 0 saturated heterocycles. The number of hydrogen-bond donors (Lipinski definition) is 4. The molecule has 0 atom stereocenters. The summed E-state index contributed by atoms with van der Waals surface area (Å²) in [6.45, 7) is 33.0. The second-order valence-electron chi connectivity index (χ2n) is 21.5. The SMILES string of the molecule is CC(C)(CCCCOCCCCC(C)(C)C(=O)O)C(=O)O.CC(C)(CCCCOCCCCC(C)(C)C(=O)O)C(=O)[O-].CC(C)C(=O)O.CCCCCOCCCCC.COC(=O)C(C)C.COC([O-])=C(C)C.[Ca+2].[O]=[Ca]. The molecular weight excluding hydrogens is 1040 g/mol. The number of allylic oxidation sites excluding steroid dienone is 1. The van der Waals surface area contributed by atoms with Gasteiger partial charge in [-0.05, 0) is 127 Å². The van der Waals surface area contributed by atoms with Crippen LogP contribution in [0.4, 0.5) is 0 Å². The fourth-order valence-corrected chi connectivity index (χ4v) is 5.16. The van der Waals surface area contributed by atoms with E-state index in [2.05, 4.69) is 23.3 Å². The van der Waals surface area contributed by atoms with E-state index >= 15 is 0 Å². The number of methoxy groups -OCH3 is 2. The molecule has 0 fully saturated rings. The number of esters is 1. The molecule has 0 unspecified atom stereocenters. The average molecular weight is 1150 g/mol. The van der Waals surface area contributed by atoms with E-state index in [1.165, 1.54) is 52.7 Å². The van der Waals surface area contributed by atoms with Crippen molar-refractivity contribution in [2.24, 2.45) is 33.5 Å². The number of ether oxygens (including phenoxy) is 5. The molecule has 0 saturated carbocycles. The van der Waals surface area contributed by atoms with Crippen LogP contribution in [0.5, 0.6) is 0 Å². The third-order valence-electron chi connectivity index (χ3n) is 11.2. The summed E-state index contributed by atoms with van der Waals surface area (Å²) >= 11 is 0.125. The van der Waals surface area contributed by atoms with Crippen molar-refractivity contribution in [2.75, 3.05) is 53.9 Å². The van der Waals surface area contributed by atoms with Gasteiger partial charge in [0.15, 0.2) is 0 Å². The maximum absolute atomic E-state index is 10.9. The molecule has 0 heterocycles. The molecule has 0 aromatic rings. The van der Waals surface area contributed by atoms with Gasteiger partial charge in [-0.2, -0.15) is 0 Å². The molecule has 4 N–H and O–H groups in total. The first kappa shape index (κ1) is 90.9. The Morgan fingerprint density at radius 2 is 0.684 bits per heavy atom. The van der Waals surface area contributed by atoms with E-state index < -0.39 is 51.5 Å². The quantitative estimate of drug-likeness (QED) is 0.0198.